The van der Waals surface area contributed by atoms with Gasteiger partial charge in [-0.15, -0.1) is 11.3 Å². The van der Waals surface area contributed by atoms with Crippen molar-refractivity contribution in [2.45, 2.75) is 20.4 Å². The van der Waals surface area contributed by atoms with Gasteiger partial charge in [-0.05, 0) is 31.5 Å². The fraction of sp³-hybridized carbons (Fsp3) is 0.294. The molecule has 0 unspecified atom stereocenters. The smallest absolute Gasteiger partial charge is 0.374 e. The molecule has 9 heteroatoms. The predicted octanol–water partition coefficient (Wildman–Crippen LogP) is 2.37. The molecular weight excluding hydrogens is 360 g/mol. The van der Waals surface area contributed by atoms with Crippen LogP contribution in [0.25, 0.3) is 10.2 Å². The number of carbonyl (C=O) groups excluding carboxylic acids is 2. The number of fused-ring (bicyclic) bond motifs is 1. The summed E-state index contributed by atoms with van der Waals surface area (Å²) in [6.45, 7) is 3.73. The van der Waals surface area contributed by atoms with Crippen molar-refractivity contribution in [2.24, 2.45) is 0 Å². The first-order valence-corrected chi connectivity index (χ1v) is 8.60. The first kappa shape index (κ1) is 17.9. The first-order chi connectivity index (χ1) is 12.5. The molecule has 136 valence electrons. The van der Waals surface area contributed by atoms with Gasteiger partial charge in [0.15, 0.2) is 0 Å². The van der Waals surface area contributed by atoms with E-state index in [2.05, 4.69) is 4.98 Å². The van der Waals surface area contributed by atoms with E-state index in [1.54, 1.807) is 19.9 Å². The molecule has 0 aliphatic heterocycles. The quantitative estimate of drug-likeness (QED) is 0.630. The maximum atomic E-state index is 12.8. The number of hydrogen-bond acceptors (Lipinski definition) is 8. The summed E-state index contributed by atoms with van der Waals surface area (Å²) < 4.78 is 16.4. The summed E-state index contributed by atoms with van der Waals surface area (Å²) in [7, 11) is 1.29. The molecule has 0 spiro atoms. The van der Waals surface area contributed by atoms with E-state index in [0.717, 1.165) is 11.3 Å². The molecule has 0 N–H and O–H groups in total. The van der Waals surface area contributed by atoms with Gasteiger partial charge in [-0.2, -0.15) is 0 Å². The van der Waals surface area contributed by atoms with Gasteiger partial charge in [-0.1, -0.05) is 0 Å². The van der Waals surface area contributed by atoms with Gasteiger partial charge < -0.3 is 13.9 Å². The Labute approximate surface area is 152 Å². The van der Waals surface area contributed by atoms with Gasteiger partial charge in [0.1, 0.15) is 15.5 Å². The Morgan fingerprint density at radius 2 is 2.08 bits per heavy atom. The molecule has 0 aliphatic carbocycles. The van der Waals surface area contributed by atoms with Crippen LogP contribution >= 0.6 is 11.3 Å². The van der Waals surface area contributed by atoms with E-state index < -0.39 is 11.9 Å². The molecule has 0 saturated heterocycles. The van der Waals surface area contributed by atoms with E-state index in [1.807, 2.05) is 0 Å². The van der Waals surface area contributed by atoms with E-state index in [9.17, 15) is 14.4 Å². The molecule has 0 saturated carbocycles. The standard InChI is InChI=1S/C17H16N2O6S/c1-4-24-16(21)11-6-5-10(25-11)7-19-8-18-14-12(15(19)20)9(2)13(26-14)17(22)23-3/h5-6,8H,4,7H2,1-3H3. The number of ether oxygens (including phenoxy) is 2. The summed E-state index contributed by atoms with van der Waals surface area (Å²) in [4.78, 5) is 41.3. The lowest BCUT2D eigenvalue weighted by Gasteiger charge is -2.03. The first-order valence-electron chi connectivity index (χ1n) is 7.79. The van der Waals surface area contributed by atoms with Crippen molar-refractivity contribution in [1.29, 1.82) is 0 Å². The van der Waals surface area contributed by atoms with Gasteiger partial charge in [0, 0.05) is 0 Å². The number of esters is 2. The molecule has 0 amide bonds. The van der Waals surface area contributed by atoms with Crippen LogP contribution in [0, 0.1) is 6.92 Å². The minimum Gasteiger partial charge on any atom is -0.465 e. The molecule has 26 heavy (non-hydrogen) atoms. The zero-order valence-corrected chi connectivity index (χ0v) is 15.2. The maximum Gasteiger partial charge on any atom is 0.374 e. The molecule has 8 nitrogen and oxygen atoms in total. The molecule has 0 fully saturated rings. The van der Waals surface area contributed by atoms with Crippen molar-refractivity contribution in [3.8, 4) is 0 Å². The van der Waals surface area contributed by atoms with E-state index in [-0.39, 0.29) is 24.5 Å². The molecule has 0 bridgehead atoms. The predicted molar refractivity (Wildman–Crippen MR) is 93.7 cm³/mol. The van der Waals surface area contributed by atoms with E-state index in [4.69, 9.17) is 13.9 Å². The maximum absolute atomic E-state index is 12.8. The van der Waals surface area contributed by atoms with Crippen molar-refractivity contribution in [3.63, 3.8) is 0 Å². The number of aromatic nitrogens is 2. The van der Waals surface area contributed by atoms with Crippen LogP contribution in [-0.4, -0.2) is 35.2 Å². The second-order valence-electron chi connectivity index (χ2n) is 5.39. The molecule has 3 aromatic rings. The Hall–Kier alpha value is -2.94. The van der Waals surface area contributed by atoms with E-state index >= 15 is 0 Å². The van der Waals surface area contributed by atoms with Gasteiger partial charge >= 0.3 is 11.9 Å². The van der Waals surface area contributed by atoms with Gasteiger partial charge in [-0.25, -0.2) is 14.6 Å². The summed E-state index contributed by atoms with van der Waals surface area (Å²) in [5.74, 6) is -0.571. The molecule has 0 aliphatic rings. The Morgan fingerprint density at radius 1 is 1.31 bits per heavy atom. The molecule has 3 rings (SSSR count). The van der Waals surface area contributed by atoms with Crippen LogP contribution in [0.2, 0.25) is 0 Å². The van der Waals surface area contributed by atoms with Crippen molar-refractivity contribution < 1.29 is 23.5 Å². The lowest BCUT2D eigenvalue weighted by Crippen LogP contribution is -2.21. The zero-order chi connectivity index (χ0) is 18.8. The third-order valence-electron chi connectivity index (χ3n) is 3.75. The number of carbonyl (C=O) groups is 2. The fourth-order valence-corrected chi connectivity index (χ4v) is 3.56. The number of furan rings is 1. The van der Waals surface area contributed by atoms with Crippen LogP contribution in [0.1, 0.15) is 38.5 Å². The van der Waals surface area contributed by atoms with Crippen LogP contribution in [0.5, 0.6) is 0 Å². The Kier molecular flexibility index (Phi) is 4.90. The van der Waals surface area contributed by atoms with E-state index in [0.29, 0.717) is 26.4 Å². The number of aryl methyl sites for hydroxylation is 1. The van der Waals surface area contributed by atoms with Crippen LogP contribution in [-0.2, 0) is 16.0 Å². The number of methoxy groups -OCH3 is 1. The number of nitrogens with zero attached hydrogens (tertiary/aromatic N) is 2. The Morgan fingerprint density at radius 3 is 2.77 bits per heavy atom. The summed E-state index contributed by atoms with van der Waals surface area (Å²) in [5, 5.41) is 0.370. The number of thiophene rings is 1. The minimum absolute atomic E-state index is 0.0728. The Balaban J connectivity index is 1.95. The second kappa shape index (κ2) is 7.12. The highest BCUT2D eigenvalue weighted by molar-refractivity contribution is 7.20. The molecule has 3 heterocycles. The summed E-state index contributed by atoms with van der Waals surface area (Å²) in [6, 6.07) is 3.10. The van der Waals surface area contributed by atoms with Crippen molar-refractivity contribution in [3.05, 3.63) is 50.8 Å². The summed E-state index contributed by atoms with van der Waals surface area (Å²) in [5.41, 5.74) is 0.239. The highest BCUT2D eigenvalue weighted by Gasteiger charge is 2.20. The number of hydrogen-bond donors (Lipinski definition) is 0. The topological polar surface area (TPSA) is 101 Å². The highest BCUT2D eigenvalue weighted by atomic mass is 32.1. The van der Waals surface area contributed by atoms with E-state index in [1.165, 1.54) is 24.1 Å². The summed E-state index contributed by atoms with van der Waals surface area (Å²) in [6.07, 6.45) is 1.38. The molecule has 0 radical (unpaired) electrons. The van der Waals surface area contributed by atoms with Gasteiger partial charge in [-0.3, -0.25) is 9.36 Å². The monoisotopic (exact) mass is 376 g/mol. The largest absolute Gasteiger partial charge is 0.465 e. The van der Waals surface area contributed by atoms with Crippen molar-refractivity contribution >= 4 is 33.5 Å². The second-order valence-corrected chi connectivity index (χ2v) is 6.39. The van der Waals surface area contributed by atoms with Gasteiger partial charge in [0.05, 0.1) is 32.0 Å². The average molecular weight is 376 g/mol. The molecule has 3 aromatic heterocycles. The molecule has 0 aromatic carbocycles. The van der Waals surface area contributed by atoms with Gasteiger partial charge in [0.25, 0.3) is 5.56 Å². The van der Waals surface area contributed by atoms with Crippen LogP contribution in [0.4, 0.5) is 0 Å². The Bertz CT molecular complexity index is 1050. The minimum atomic E-state index is -0.559. The third-order valence-corrected chi connectivity index (χ3v) is 4.93. The average Bonchev–Trinajstić information content (AvgIpc) is 3.22. The number of rotatable bonds is 5. The third kappa shape index (κ3) is 3.13. The fourth-order valence-electron chi connectivity index (χ4n) is 2.50. The normalized spacial score (nSPS) is 10.9. The lowest BCUT2D eigenvalue weighted by atomic mass is 10.2. The zero-order valence-electron chi connectivity index (χ0n) is 14.4. The van der Waals surface area contributed by atoms with Crippen LogP contribution < -0.4 is 5.56 Å². The van der Waals surface area contributed by atoms with Crippen LogP contribution in [0.15, 0.2) is 27.7 Å². The SMILES string of the molecule is CCOC(=O)c1ccc(Cn2cnc3sc(C(=O)OC)c(C)c3c2=O)o1. The van der Waals surface area contributed by atoms with Gasteiger partial charge in [0.2, 0.25) is 5.76 Å². The lowest BCUT2D eigenvalue weighted by molar-refractivity contribution is 0.0487. The molecular formula is C17H16N2O6S. The molecule has 0 atom stereocenters. The van der Waals surface area contributed by atoms with Crippen molar-refractivity contribution in [1.82, 2.24) is 9.55 Å². The highest BCUT2D eigenvalue weighted by Crippen LogP contribution is 2.27. The van der Waals surface area contributed by atoms with Crippen LogP contribution in [0.3, 0.4) is 0 Å². The van der Waals surface area contributed by atoms with Crippen molar-refractivity contribution in [2.75, 3.05) is 13.7 Å². The summed E-state index contributed by atoms with van der Waals surface area (Å²) >= 11 is 1.12.